The normalized spacial score (nSPS) is 10.1. The first kappa shape index (κ1) is 15.8. The summed E-state index contributed by atoms with van der Waals surface area (Å²) in [6, 6.07) is 18.5. The van der Waals surface area contributed by atoms with Crippen molar-refractivity contribution in [3.63, 3.8) is 0 Å². The number of amides is 1. The Balaban J connectivity index is 1.61. The van der Waals surface area contributed by atoms with E-state index in [9.17, 15) is 4.79 Å². The zero-order chi connectivity index (χ0) is 16.8. The third kappa shape index (κ3) is 3.80. The Hall–Kier alpha value is -3.11. The predicted octanol–water partition coefficient (Wildman–Crippen LogP) is 2.87. The van der Waals surface area contributed by atoms with Gasteiger partial charge in [-0.1, -0.05) is 30.0 Å². The maximum atomic E-state index is 12.1. The molecule has 2 aromatic carbocycles. The molecule has 24 heavy (non-hydrogen) atoms. The maximum absolute atomic E-state index is 12.1. The van der Waals surface area contributed by atoms with Gasteiger partial charge in [-0.25, -0.2) is 0 Å². The van der Waals surface area contributed by atoms with E-state index in [0.29, 0.717) is 16.4 Å². The molecular weight excluding hydrogens is 322 g/mol. The minimum absolute atomic E-state index is 0.146. The summed E-state index contributed by atoms with van der Waals surface area (Å²) in [5.74, 6) is 0.0678. The van der Waals surface area contributed by atoms with Crippen LogP contribution in [0.15, 0.2) is 66.1 Å². The molecular formula is C17H13N5OS. The Morgan fingerprint density at radius 2 is 1.92 bits per heavy atom. The fourth-order valence-electron chi connectivity index (χ4n) is 2.04. The van der Waals surface area contributed by atoms with Crippen LogP contribution >= 0.6 is 11.8 Å². The van der Waals surface area contributed by atoms with Crippen molar-refractivity contribution in [2.75, 3.05) is 11.1 Å². The van der Waals surface area contributed by atoms with Crippen molar-refractivity contribution < 1.29 is 4.79 Å². The fourth-order valence-corrected chi connectivity index (χ4v) is 2.77. The van der Waals surface area contributed by atoms with Gasteiger partial charge in [-0.05, 0) is 36.4 Å². The number of nitrogens with zero attached hydrogens (tertiary/aromatic N) is 4. The highest BCUT2D eigenvalue weighted by molar-refractivity contribution is 7.99. The Morgan fingerprint density at radius 1 is 1.17 bits per heavy atom. The number of hydrogen-bond acceptors (Lipinski definition) is 5. The quantitative estimate of drug-likeness (QED) is 0.725. The standard InChI is InChI=1S/C17H13N5OS/c18-10-13-6-8-14(9-7-13)20-16(23)11-24-17-21-19-12-22(17)15-4-2-1-3-5-15/h1-9,12H,11H2,(H,20,23). The van der Waals surface area contributed by atoms with Crippen molar-refractivity contribution in [3.05, 3.63) is 66.5 Å². The maximum Gasteiger partial charge on any atom is 0.234 e. The van der Waals surface area contributed by atoms with Crippen molar-refractivity contribution in [1.82, 2.24) is 14.8 Å². The van der Waals surface area contributed by atoms with Gasteiger partial charge in [-0.3, -0.25) is 9.36 Å². The molecule has 0 fully saturated rings. The lowest BCUT2D eigenvalue weighted by atomic mass is 10.2. The topological polar surface area (TPSA) is 83.6 Å². The molecule has 7 heteroatoms. The Kier molecular flexibility index (Phi) is 4.89. The highest BCUT2D eigenvalue weighted by Crippen LogP contribution is 2.19. The molecule has 3 rings (SSSR count). The lowest BCUT2D eigenvalue weighted by Crippen LogP contribution is -2.14. The molecule has 0 aliphatic rings. The molecule has 0 aliphatic heterocycles. The summed E-state index contributed by atoms with van der Waals surface area (Å²) in [4.78, 5) is 12.1. The zero-order valence-electron chi connectivity index (χ0n) is 12.6. The number of rotatable bonds is 5. The predicted molar refractivity (Wildman–Crippen MR) is 91.9 cm³/mol. The van der Waals surface area contributed by atoms with Crippen LogP contribution in [0.4, 0.5) is 5.69 Å². The van der Waals surface area contributed by atoms with Crippen LogP contribution in [0.1, 0.15) is 5.56 Å². The molecule has 0 bridgehead atoms. The molecule has 0 saturated carbocycles. The number of nitriles is 1. The van der Waals surface area contributed by atoms with Gasteiger partial charge < -0.3 is 5.32 Å². The molecule has 0 aliphatic carbocycles. The van der Waals surface area contributed by atoms with Gasteiger partial charge in [0.2, 0.25) is 5.91 Å². The van der Waals surface area contributed by atoms with Crippen LogP contribution in [-0.2, 0) is 4.79 Å². The third-order valence-corrected chi connectivity index (χ3v) is 4.12. The highest BCUT2D eigenvalue weighted by Gasteiger charge is 2.10. The van der Waals surface area contributed by atoms with Crippen LogP contribution in [0, 0.1) is 11.3 Å². The van der Waals surface area contributed by atoms with Gasteiger partial charge >= 0.3 is 0 Å². The molecule has 0 atom stereocenters. The highest BCUT2D eigenvalue weighted by atomic mass is 32.2. The molecule has 3 aromatic rings. The van der Waals surface area contributed by atoms with Crippen molar-refractivity contribution in [2.45, 2.75) is 5.16 Å². The zero-order valence-corrected chi connectivity index (χ0v) is 13.4. The molecule has 6 nitrogen and oxygen atoms in total. The van der Waals surface area contributed by atoms with E-state index in [4.69, 9.17) is 5.26 Å². The van der Waals surface area contributed by atoms with Gasteiger partial charge in [-0.15, -0.1) is 10.2 Å². The van der Waals surface area contributed by atoms with Gasteiger partial charge in [0.25, 0.3) is 0 Å². The summed E-state index contributed by atoms with van der Waals surface area (Å²) in [6.45, 7) is 0. The molecule has 1 amide bonds. The first-order valence-electron chi connectivity index (χ1n) is 7.14. The minimum Gasteiger partial charge on any atom is -0.325 e. The second-order valence-electron chi connectivity index (χ2n) is 4.85. The Morgan fingerprint density at radius 3 is 2.62 bits per heavy atom. The molecule has 1 aromatic heterocycles. The van der Waals surface area contributed by atoms with Crippen molar-refractivity contribution in [2.24, 2.45) is 0 Å². The summed E-state index contributed by atoms with van der Waals surface area (Å²) >= 11 is 1.31. The molecule has 1 N–H and O–H groups in total. The summed E-state index contributed by atoms with van der Waals surface area (Å²) in [5.41, 5.74) is 2.15. The number of thioether (sulfide) groups is 1. The van der Waals surface area contributed by atoms with E-state index in [1.54, 1.807) is 30.6 Å². The number of para-hydroxylation sites is 1. The number of nitrogens with one attached hydrogen (secondary N) is 1. The van der Waals surface area contributed by atoms with Crippen molar-refractivity contribution in [1.29, 1.82) is 5.26 Å². The van der Waals surface area contributed by atoms with Crippen LogP contribution in [0.25, 0.3) is 5.69 Å². The molecule has 0 spiro atoms. The van der Waals surface area contributed by atoms with E-state index in [2.05, 4.69) is 15.5 Å². The lowest BCUT2D eigenvalue weighted by molar-refractivity contribution is -0.113. The number of hydrogen-bond donors (Lipinski definition) is 1. The SMILES string of the molecule is N#Cc1ccc(NC(=O)CSc2nncn2-c2ccccc2)cc1. The average molecular weight is 335 g/mol. The number of carbonyl (C=O) groups is 1. The Labute approximate surface area is 143 Å². The first-order valence-corrected chi connectivity index (χ1v) is 8.13. The van der Waals surface area contributed by atoms with Crippen molar-refractivity contribution >= 4 is 23.4 Å². The lowest BCUT2D eigenvalue weighted by Gasteiger charge is -2.07. The molecule has 1 heterocycles. The van der Waals surface area contributed by atoms with Gasteiger partial charge in [0.05, 0.1) is 17.4 Å². The van der Waals surface area contributed by atoms with E-state index in [1.807, 2.05) is 41.0 Å². The van der Waals surface area contributed by atoms with E-state index in [1.165, 1.54) is 11.8 Å². The number of aromatic nitrogens is 3. The van der Waals surface area contributed by atoms with Crippen molar-refractivity contribution in [3.8, 4) is 11.8 Å². The van der Waals surface area contributed by atoms with Crippen LogP contribution in [0.2, 0.25) is 0 Å². The fraction of sp³-hybridized carbons (Fsp3) is 0.0588. The second-order valence-corrected chi connectivity index (χ2v) is 5.79. The smallest absolute Gasteiger partial charge is 0.234 e. The molecule has 0 radical (unpaired) electrons. The van der Waals surface area contributed by atoms with Crippen LogP contribution in [-0.4, -0.2) is 26.4 Å². The van der Waals surface area contributed by atoms with Crippen LogP contribution in [0.3, 0.4) is 0 Å². The number of anilines is 1. The van der Waals surface area contributed by atoms with Gasteiger partial charge in [0, 0.05) is 11.4 Å². The van der Waals surface area contributed by atoms with Crippen LogP contribution in [0.5, 0.6) is 0 Å². The van der Waals surface area contributed by atoms with E-state index in [-0.39, 0.29) is 11.7 Å². The largest absolute Gasteiger partial charge is 0.325 e. The summed E-state index contributed by atoms with van der Waals surface area (Å²) < 4.78 is 1.83. The third-order valence-electron chi connectivity index (χ3n) is 3.18. The average Bonchev–Trinajstić information content (AvgIpc) is 3.10. The summed E-state index contributed by atoms with van der Waals surface area (Å²) in [5, 5.41) is 20.2. The summed E-state index contributed by atoms with van der Waals surface area (Å²) in [6.07, 6.45) is 1.62. The van der Waals surface area contributed by atoms with Gasteiger partial charge in [-0.2, -0.15) is 5.26 Å². The first-order chi connectivity index (χ1) is 11.8. The van der Waals surface area contributed by atoms with E-state index < -0.39 is 0 Å². The monoisotopic (exact) mass is 335 g/mol. The van der Waals surface area contributed by atoms with E-state index >= 15 is 0 Å². The number of carbonyl (C=O) groups excluding carboxylic acids is 1. The molecule has 0 unspecified atom stereocenters. The summed E-state index contributed by atoms with van der Waals surface area (Å²) in [7, 11) is 0. The second kappa shape index (κ2) is 7.44. The van der Waals surface area contributed by atoms with Gasteiger partial charge in [0.1, 0.15) is 6.33 Å². The Bertz CT molecular complexity index is 868. The van der Waals surface area contributed by atoms with Crippen LogP contribution < -0.4 is 5.32 Å². The number of benzene rings is 2. The van der Waals surface area contributed by atoms with E-state index in [0.717, 1.165) is 5.69 Å². The molecule has 0 saturated heterocycles. The molecule has 118 valence electrons. The minimum atomic E-state index is -0.146. The van der Waals surface area contributed by atoms with Gasteiger partial charge in [0.15, 0.2) is 5.16 Å².